The van der Waals surface area contributed by atoms with Crippen LogP contribution in [-0.2, 0) is 17.8 Å². The standard InChI is InChI=1S/C14H16N2O3S/c1-2-13-15-5-6-16(13)8-10-7-12(20-9-10)11(17)3-4-14(18)19/h5-7,9H,2-4,8H2,1H3,(H,18,19). The molecule has 0 aliphatic carbocycles. The van der Waals surface area contributed by atoms with Crippen molar-refractivity contribution in [2.45, 2.75) is 32.7 Å². The molecule has 0 spiro atoms. The molecule has 0 bridgehead atoms. The van der Waals surface area contributed by atoms with Gasteiger partial charge in [0, 0.05) is 31.8 Å². The van der Waals surface area contributed by atoms with E-state index in [1.807, 2.05) is 29.1 Å². The molecule has 0 unspecified atom stereocenters. The average molecular weight is 292 g/mol. The highest BCUT2D eigenvalue weighted by molar-refractivity contribution is 7.12. The van der Waals surface area contributed by atoms with E-state index in [9.17, 15) is 9.59 Å². The summed E-state index contributed by atoms with van der Waals surface area (Å²) in [7, 11) is 0. The lowest BCUT2D eigenvalue weighted by Crippen LogP contribution is -2.03. The van der Waals surface area contributed by atoms with Gasteiger partial charge in [-0.15, -0.1) is 11.3 Å². The maximum Gasteiger partial charge on any atom is 0.303 e. The number of carboxylic acid groups (broad SMARTS) is 1. The highest BCUT2D eigenvalue weighted by Crippen LogP contribution is 2.18. The molecular formula is C14H16N2O3S. The van der Waals surface area contributed by atoms with E-state index in [0.29, 0.717) is 11.4 Å². The number of rotatable bonds is 7. The largest absolute Gasteiger partial charge is 0.481 e. The summed E-state index contributed by atoms with van der Waals surface area (Å²) >= 11 is 1.37. The normalized spacial score (nSPS) is 10.7. The summed E-state index contributed by atoms with van der Waals surface area (Å²) in [5, 5.41) is 10.5. The van der Waals surface area contributed by atoms with Crippen LogP contribution in [0.5, 0.6) is 0 Å². The summed E-state index contributed by atoms with van der Waals surface area (Å²) in [6.07, 6.45) is 4.49. The molecule has 0 aromatic carbocycles. The van der Waals surface area contributed by atoms with Gasteiger partial charge in [-0.1, -0.05) is 6.92 Å². The van der Waals surface area contributed by atoms with Crippen molar-refractivity contribution in [1.29, 1.82) is 0 Å². The third-order valence-electron chi connectivity index (χ3n) is 2.97. The third-order valence-corrected chi connectivity index (χ3v) is 3.99. The summed E-state index contributed by atoms with van der Waals surface area (Å²) in [4.78, 5) is 27.2. The van der Waals surface area contributed by atoms with E-state index in [0.717, 1.165) is 17.8 Å². The molecule has 6 heteroatoms. The topological polar surface area (TPSA) is 72.2 Å². The van der Waals surface area contributed by atoms with Crippen LogP contribution < -0.4 is 0 Å². The highest BCUT2D eigenvalue weighted by atomic mass is 32.1. The first kappa shape index (κ1) is 14.5. The Hall–Kier alpha value is -1.95. The second-order valence-corrected chi connectivity index (χ2v) is 5.37. The van der Waals surface area contributed by atoms with Crippen LogP contribution in [0.3, 0.4) is 0 Å². The van der Waals surface area contributed by atoms with Crippen LogP contribution >= 0.6 is 11.3 Å². The molecular weight excluding hydrogens is 276 g/mol. The second kappa shape index (κ2) is 6.47. The molecule has 0 amide bonds. The van der Waals surface area contributed by atoms with E-state index in [2.05, 4.69) is 4.98 Å². The predicted molar refractivity (Wildman–Crippen MR) is 76.2 cm³/mol. The van der Waals surface area contributed by atoms with Gasteiger partial charge in [-0.05, 0) is 17.0 Å². The lowest BCUT2D eigenvalue weighted by Gasteiger charge is -2.03. The quantitative estimate of drug-likeness (QED) is 0.796. The van der Waals surface area contributed by atoms with Gasteiger partial charge in [-0.3, -0.25) is 9.59 Å². The van der Waals surface area contributed by atoms with Gasteiger partial charge in [0.2, 0.25) is 0 Å². The van der Waals surface area contributed by atoms with Gasteiger partial charge in [0.1, 0.15) is 5.82 Å². The Labute approximate surface area is 120 Å². The van der Waals surface area contributed by atoms with Crippen LogP contribution in [-0.4, -0.2) is 26.4 Å². The van der Waals surface area contributed by atoms with Crippen LogP contribution in [0.25, 0.3) is 0 Å². The number of hydrogen-bond acceptors (Lipinski definition) is 4. The Balaban J connectivity index is 2.02. The van der Waals surface area contributed by atoms with Crippen molar-refractivity contribution in [3.63, 3.8) is 0 Å². The van der Waals surface area contributed by atoms with Gasteiger partial charge >= 0.3 is 5.97 Å². The first-order valence-corrected chi connectivity index (χ1v) is 7.30. The molecule has 2 heterocycles. The Kier molecular flexibility index (Phi) is 4.68. The molecule has 106 valence electrons. The number of Topliss-reactive ketones (excluding diaryl/α,β-unsaturated/α-hetero) is 1. The Morgan fingerprint density at radius 3 is 2.90 bits per heavy atom. The number of imidazole rings is 1. The Morgan fingerprint density at radius 2 is 2.20 bits per heavy atom. The van der Waals surface area contributed by atoms with Crippen molar-refractivity contribution in [3.8, 4) is 0 Å². The fourth-order valence-electron chi connectivity index (χ4n) is 1.94. The number of aliphatic carboxylic acids is 1. The van der Waals surface area contributed by atoms with Gasteiger partial charge in [0.15, 0.2) is 5.78 Å². The minimum Gasteiger partial charge on any atom is -0.481 e. The lowest BCUT2D eigenvalue weighted by molar-refractivity contribution is -0.136. The van der Waals surface area contributed by atoms with Gasteiger partial charge in [0.25, 0.3) is 0 Å². The van der Waals surface area contributed by atoms with Crippen molar-refractivity contribution in [3.05, 3.63) is 40.1 Å². The highest BCUT2D eigenvalue weighted by Gasteiger charge is 2.12. The molecule has 0 aliphatic heterocycles. The van der Waals surface area contributed by atoms with Crippen LogP contribution in [0.2, 0.25) is 0 Å². The molecule has 0 saturated carbocycles. The smallest absolute Gasteiger partial charge is 0.303 e. The van der Waals surface area contributed by atoms with Crippen molar-refractivity contribution >= 4 is 23.1 Å². The zero-order valence-corrected chi connectivity index (χ0v) is 12.0. The zero-order valence-electron chi connectivity index (χ0n) is 11.2. The van der Waals surface area contributed by atoms with E-state index in [-0.39, 0.29) is 18.6 Å². The summed E-state index contributed by atoms with van der Waals surface area (Å²) < 4.78 is 2.05. The summed E-state index contributed by atoms with van der Waals surface area (Å²) in [6.45, 7) is 2.74. The fourth-order valence-corrected chi connectivity index (χ4v) is 2.82. The van der Waals surface area contributed by atoms with E-state index in [1.54, 1.807) is 6.20 Å². The number of hydrogen-bond donors (Lipinski definition) is 1. The first-order chi connectivity index (χ1) is 9.60. The van der Waals surface area contributed by atoms with Crippen LogP contribution in [0.4, 0.5) is 0 Å². The SMILES string of the molecule is CCc1nccn1Cc1csc(C(=O)CCC(=O)O)c1. The molecule has 2 aromatic heterocycles. The van der Waals surface area contributed by atoms with Crippen molar-refractivity contribution in [2.75, 3.05) is 0 Å². The van der Waals surface area contributed by atoms with Crippen molar-refractivity contribution < 1.29 is 14.7 Å². The number of aryl methyl sites for hydroxylation is 1. The number of ketones is 1. The van der Waals surface area contributed by atoms with E-state index in [4.69, 9.17) is 5.11 Å². The molecule has 2 rings (SSSR count). The van der Waals surface area contributed by atoms with Gasteiger partial charge in [-0.25, -0.2) is 4.98 Å². The number of nitrogens with zero attached hydrogens (tertiary/aromatic N) is 2. The molecule has 1 N–H and O–H groups in total. The number of carbonyl (C=O) groups is 2. The predicted octanol–water partition coefficient (Wildman–Crippen LogP) is 2.60. The summed E-state index contributed by atoms with van der Waals surface area (Å²) in [5.74, 6) is -0.0407. The Bertz CT molecular complexity index is 615. The molecule has 0 radical (unpaired) electrons. The second-order valence-electron chi connectivity index (χ2n) is 4.46. The number of carboxylic acids is 1. The van der Waals surface area contributed by atoms with Gasteiger partial charge in [0.05, 0.1) is 11.3 Å². The van der Waals surface area contributed by atoms with Crippen LogP contribution in [0, 0.1) is 0 Å². The van der Waals surface area contributed by atoms with Crippen molar-refractivity contribution in [1.82, 2.24) is 9.55 Å². The third kappa shape index (κ3) is 3.54. The molecule has 5 nitrogen and oxygen atoms in total. The summed E-state index contributed by atoms with van der Waals surface area (Å²) in [6, 6.07) is 1.84. The molecule has 0 atom stereocenters. The van der Waals surface area contributed by atoms with E-state index >= 15 is 0 Å². The maximum atomic E-state index is 11.8. The van der Waals surface area contributed by atoms with E-state index < -0.39 is 5.97 Å². The zero-order chi connectivity index (χ0) is 14.5. The lowest BCUT2D eigenvalue weighted by atomic mass is 10.2. The average Bonchev–Trinajstić information content (AvgIpc) is 3.05. The number of thiophene rings is 1. The molecule has 2 aromatic rings. The minimum absolute atomic E-state index is 0.0561. The molecule has 20 heavy (non-hydrogen) atoms. The van der Waals surface area contributed by atoms with E-state index in [1.165, 1.54) is 11.3 Å². The van der Waals surface area contributed by atoms with Gasteiger partial charge < -0.3 is 9.67 Å². The van der Waals surface area contributed by atoms with Crippen LogP contribution in [0.15, 0.2) is 23.8 Å². The van der Waals surface area contributed by atoms with Gasteiger partial charge in [-0.2, -0.15) is 0 Å². The maximum absolute atomic E-state index is 11.8. The molecule has 0 aliphatic rings. The molecule has 0 saturated heterocycles. The first-order valence-electron chi connectivity index (χ1n) is 6.42. The number of carbonyl (C=O) groups excluding carboxylic acids is 1. The fraction of sp³-hybridized carbons (Fsp3) is 0.357. The van der Waals surface area contributed by atoms with Crippen molar-refractivity contribution in [2.24, 2.45) is 0 Å². The number of aromatic nitrogens is 2. The Morgan fingerprint density at radius 1 is 1.40 bits per heavy atom. The minimum atomic E-state index is -0.943. The summed E-state index contributed by atoms with van der Waals surface area (Å²) in [5.41, 5.74) is 1.04. The molecule has 0 fully saturated rings. The monoisotopic (exact) mass is 292 g/mol. The van der Waals surface area contributed by atoms with Crippen LogP contribution in [0.1, 0.15) is 40.8 Å².